The fourth-order valence-electron chi connectivity index (χ4n) is 3.80. The number of rotatable bonds is 8. The number of likely N-dealkylation sites (tertiary alicyclic amines) is 1. The summed E-state index contributed by atoms with van der Waals surface area (Å²) in [5.74, 6) is -1.55. The molecule has 2 unspecified atom stereocenters. The molecule has 33 heavy (non-hydrogen) atoms. The summed E-state index contributed by atoms with van der Waals surface area (Å²) in [6, 6.07) is 8.02. The van der Waals surface area contributed by atoms with E-state index in [-0.39, 0.29) is 35.7 Å². The molecule has 3 N–H and O–H groups in total. The van der Waals surface area contributed by atoms with Gasteiger partial charge >= 0.3 is 5.97 Å². The van der Waals surface area contributed by atoms with Crippen LogP contribution >= 0.6 is 11.3 Å². The van der Waals surface area contributed by atoms with Crippen LogP contribution in [0.5, 0.6) is 5.75 Å². The van der Waals surface area contributed by atoms with Gasteiger partial charge in [0.2, 0.25) is 0 Å². The number of nitrogens with two attached hydrogens (primary N) is 1. The summed E-state index contributed by atoms with van der Waals surface area (Å²) in [6.07, 6.45) is 3.10. The van der Waals surface area contributed by atoms with E-state index >= 15 is 0 Å². The third-order valence-electron chi connectivity index (χ3n) is 5.45. The molecular formula is C23H27N3O6S. The van der Waals surface area contributed by atoms with Gasteiger partial charge in [-0.3, -0.25) is 14.4 Å². The van der Waals surface area contributed by atoms with Crippen LogP contribution in [0.15, 0.2) is 35.7 Å². The van der Waals surface area contributed by atoms with Crippen molar-refractivity contribution in [2.24, 2.45) is 5.73 Å². The van der Waals surface area contributed by atoms with E-state index in [1.807, 2.05) is 18.7 Å². The van der Waals surface area contributed by atoms with Crippen molar-refractivity contribution in [3.05, 3.63) is 46.8 Å². The Hall–Kier alpha value is -3.40. The summed E-state index contributed by atoms with van der Waals surface area (Å²) in [4.78, 5) is 49.9. The van der Waals surface area contributed by atoms with Gasteiger partial charge in [0.05, 0.1) is 11.1 Å². The highest BCUT2D eigenvalue weighted by atomic mass is 32.1. The van der Waals surface area contributed by atoms with Crippen LogP contribution in [0.3, 0.4) is 0 Å². The van der Waals surface area contributed by atoms with E-state index < -0.39 is 24.4 Å². The standard InChI is InChI=1S/C23H27N3O6S/c1-14-4-3-5-15(2)26(14)20(28)13-31-17-8-6-16(7-9-17)23(30)32-12-19(27)25-22-18(21(24)29)10-11-33-22/h6-11,14-15H,3-5,12-13H2,1-2H3,(H2,24,29)(H,25,27). The lowest BCUT2D eigenvalue weighted by atomic mass is 9.97. The smallest absolute Gasteiger partial charge is 0.338 e. The van der Waals surface area contributed by atoms with Crippen molar-refractivity contribution >= 4 is 40.0 Å². The number of piperidine rings is 1. The second kappa shape index (κ2) is 11.0. The average Bonchev–Trinajstić information content (AvgIpc) is 3.24. The molecule has 1 saturated heterocycles. The van der Waals surface area contributed by atoms with Crippen molar-refractivity contribution in [3.63, 3.8) is 0 Å². The van der Waals surface area contributed by atoms with Gasteiger partial charge < -0.3 is 25.4 Å². The van der Waals surface area contributed by atoms with E-state index in [0.29, 0.717) is 10.8 Å². The van der Waals surface area contributed by atoms with Crippen molar-refractivity contribution in [2.75, 3.05) is 18.5 Å². The first-order valence-electron chi connectivity index (χ1n) is 10.6. The molecule has 1 aliphatic rings. The quantitative estimate of drug-likeness (QED) is 0.568. The van der Waals surface area contributed by atoms with Gasteiger partial charge in [0, 0.05) is 12.1 Å². The highest BCUT2D eigenvalue weighted by Gasteiger charge is 2.29. The van der Waals surface area contributed by atoms with Crippen molar-refractivity contribution in [1.82, 2.24) is 4.90 Å². The monoisotopic (exact) mass is 473 g/mol. The van der Waals surface area contributed by atoms with Gasteiger partial charge in [-0.15, -0.1) is 11.3 Å². The minimum atomic E-state index is -0.690. The fraction of sp³-hybridized carbons (Fsp3) is 0.391. The Morgan fingerprint density at radius 3 is 2.36 bits per heavy atom. The van der Waals surface area contributed by atoms with Crippen LogP contribution in [0.1, 0.15) is 53.8 Å². The molecule has 0 radical (unpaired) electrons. The molecule has 3 rings (SSSR count). The second-order valence-corrected chi connectivity index (χ2v) is 8.81. The first-order chi connectivity index (χ1) is 15.8. The molecule has 2 aromatic rings. The second-order valence-electron chi connectivity index (χ2n) is 7.89. The predicted octanol–water partition coefficient (Wildman–Crippen LogP) is 2.81. The molecule has 10 heteroatoms. The maximum atomic E-state index is 12.6. The van der Waals surface area contributed by atoms with E-state index in [2.05, 4.69) is 5.32 Å². The molecule has 3 amide bonds. The molecule has 2 heterocycles. The zero-order valence-corrected chi connectivity index (χ0v) is 19.4. The van der Waals surface area contributed by atoms with Gasteiger partial charge in [0.25, 0.3) is 17.7 Å². The SMILES string of the molecule is CC1CCCC(C)N1C(=O)COc1ccc(C(=O)OCC(=O)Nc2sccc2C(N)=O)cc1. The van der Waals surface area contributed by atoms with E-state index in [1.165, 1.54) is 18.2 Å². The minimum Gasteiger partial charge on any atom is -0.484 e. The van der Waals surface area contributed by atoms with Gasteiger partial charge in [-0.05, 0) is 68.8 Å². The summed E-state index contributed by atoms with van der Waals surface area (Å²) in [5, 5.41) is 4.41. The zero-order valence-electron chi connectivity index (χ0n) is 18.5. The van der Waals surface area contributed by atoms with E-state index in [4.69, 9.17) is 15.2 Å². The lowest BCUT2D eigenvalue weighted by Crippen LogP contribution is -2.49. The summed E-state index contributed by atoms with van der Waals surface area (Å²) in [7, 11) is 0. The lowest BCUT2D eigenvalue weighted by Gasteiger charge is -2.38. The number of primary amides is 1. The fourth-order valence-corrected chi connectivity index (χ4v) is 4.61. The molecule has 0 saturated carbocycles. The molecule has 1 aromatic heterocycles. The van der Waals surface area contributed by atoms with Crippen LogP contribution in [0.4, 0.5) is 5.00 Å². The van der Waals surface area contributed by atoms with Crippen LogP contribution in [-0.4, -0.2) is 53.9 Å². The largest absolute Gasteiger partial charge is 0.484 e. The molecule has 1 aliphatic heterocycles. The summed E-state index contributed by atoms with van der Waals surface area (Å²) in [6.45, 7) is 3.50. The minimum absolute atomic E-state index is 0.0607. The van der Waals surface area contributed by atoms with Gasteiger partial charge in [-0.2, -0.15) is 0 Å². The van der Waals surface area contributed by atoms with E-state index in [0.717, 1.165) is 30.6 Å². The molecule has 0 bridgehead atoms. The van der Waals surface area contributed by atoms with Crippen molar-refractivity contribution < 1.29 is 28.7 Å². The van der Waals surface area contributed by atoms with Gasteiger partial charge in [0.15, 0.2) is 13.2 Å². The Morgan fingerprint density at radius 1 is 1.06 bits per heavy atom. The van der Waals surface area contributed by atoms with Gasteiger partial charge in [-0.25, -0.2) is 4.79 Å². The van der Waals surface area contributed by atoms with Crippen LogP contribution < -0.4 is 15.8 Å². The lowest BCUT2D eigenvalue weighted by molar-refractivity contribution is -0.139. The molecule has 0 spiro atoms. The highest BCUT2D eigenvalue weighted by molar-refractivity contribution is 7.14. The van der Waals surface area contributed by atoms with E-state index in [9.17, 15) is 19.2 Å². The molecule has 1 fully saturated rings. The number of ether oxygens (including phenoxy) is 2. The summed E-state index contributed by atoms with van der Waals surface area (Å²) >= 11 is 1.14. The molecule has 9 nitrogen and oxygen atoms in total. The average molecular weight is 474 g/mol. The van der Waals surface area contributed by atoms with E-state index in [1.54, 1.807) is 17.5 Å². The molecule has 2 atom stereocenters. The van der Waals surface area contributed by atoms with Gasteiger partial charge in [0.1, 0.15) is 10.8 Å². The number of anilines is 1. The Kier molecular flexibility index (Phi) is 8.05. The number of nitrogens with one attached hydrogen (secondary N) is 1. The normalized spacial score (nSPS) is 17.8. The third kappa shape index (κ3) is 6.32. The first-order valence-corrected chi connectivity index (χ1v) is 11.5. The number of benzene rings is 1. The molecule has 176 valence electrons. The number of amides is 3. The zero-order chi connectivity index (χ0) is 24.0. The number of carbonyl (C=O) groups excluding carboxylic acids is 4. The number of esters is 1. The molecule has 1 aromatic carbocycles. The molecular weight excluding hydrogens is 446 g/mol. The van der Waals surface area contributed by atoms with Crippen LogP contribution in [0.25, 0.3) is 0 Å². The highest BCUT2D eigenvalue weighted by Crippen LogP contribution is 2.24. The summed E-state index contributed by atoms with van der Waals surface area (Å²) in [5.41, 5.74) is 5.66. The van der Waals surface area contributed by atoms with Crippen LogP contribution in [-0.2, 0) is 14.3 Å². The Labute approximate surface area is 195 Å². The number of nitrogens with zero attached hydrogens (tertiary/aromatic N) is 1. The van der Waals surface area contributed by atoms with Crippen LogP contribution in [0.2, 0.25) is 0 Å². The van der Waals surface area contributed by atoms with Crippen molar-refractivity contribution in [2.45, 2.75) is 45.2 Å². The third-order valence-corrected chi connectivity index (χ3v) is 6.28. The topological polar surface area (TPSA) is 128 Å². The van der Waals surface area contributed by atoms with Crippen LogP contribution in [0, 0.1) is 0 Å². The summed E-state index contributed by atoms with van der Waals surface area (Å²) < 4.78 is 10.6. The Bertz CT molecular complexity index is 1010. The van der Waals surface area contributed by atoms with Crippen molar-refractivity contribution in [1.29, 1.82) is 0 Å². The Morgan fingerprint density at radius 2 is 1.73 bits per heavy atom. The number of hydrogen-bond donors (Lipinski definition) is 2. The van der Waals surface area contributed by atoms with Crippen molar-refractivity contribution in [3.8, 4) is 5.75 Å². The number of hydrogen-bond acceptors (Lipinski definition) is 7. The predicted molar refractivity (Wildman–Crippen MR) is 123 cm³/mol. The maximum Gasteiger partial charge on any atom is 0.338 e. The van der Waals surface area contributed by atoms with Gasteiger partial charge in [-0.1, -0.05) is 0 Å². The number of carbonyl (C=O) groups is 4. The maximum absolute atomic E-state index is 12.6. The Balaban J connectivity index is 1.46. The molecule has 0 aliphatic carbocycles. The first kappa shape index (κ1) is 24.2. The number of thiophene rings is 1.